The first kappa shape index (κ1) is 39.1. The summed E-state index contributed by atoms with van der Waals surface area (Å²) in [6, 6.07) is 8.13. The van der Waals surface area contributed by atoms with Crippen molar-refractivity contribution in [2.45, 2.75) is 51.6 Å². The van der Waals surface area contributed by atoms with Crippen LogP contribution in [-0.2, 0) is 53.1 Å². The van der Waals surface area contributed by atoms with Gasteiger partial charge in [0.15, 0.2) is 0 Å². The van der Waals surface area contributed by atoms with Gasteiger partial charge in [0.1, 0.15) is 45.5 Å². The minimum Gasteiger partial charge on any atom is -0.495 e. The number of benzene rings is 2. The molecule has 0 saturated carbocycles. The second-order valence-electron chi connectivity index (χ2n) is 15.7. The SMILES string of the molecule is COc1cc2c(cc1Nc1ncnc3sc4c(c13)CCC(C(=O)N1CCOCC1)C4)C=NC2.COc1cc2c(cc1Nc1ncnc3sc4c(c13)CCC(C(=O)O)C4)C=NC2. The van der Waals surface area contributed by atoms with Gasteiger partial charge < -0.3 is 34.9 Å². The fourth-order valence-electron chi connectivity index (χ4n) is 8.94. The van der Waals surface area contributed by atoms with Gasteiger partial charge in [0.2, 0.25) is 5.91 Å². The van der Waals surface area contributed by atoms with Crippen LogP contribution in [-0.4, -0.2) is 94.8 Å². The number of anilines is 4. The van der Waals surface area contributed by atoms with Gasteiger partial charge in [-0.25, -0.2) is 19.9 Å². The number of fused-ring (bicyclic) bond motifs is 8. The van der Waals surface area contributed by atoms with E-state index in [0.29, 0.717) is 52.2 Å². The summed E-state index contributed by atoms with van der Waals surface area (Å²) in [5.74, 6) is 2.27. The molecule has 2 aliphatic carbocycles. The molecule has 17 heteroatoms. The normalized spacial score (nSPS) is 18.5. The van der Waals surface area contributed by atoms with E-state index in [0.717, 1.165) is 108 Å². The minimum absolute atomic E-state index is 0.0316. The number of amides is 1. The maximum Gasteiger partial charge on any atom is 0.306 e. The third-order valence-electron chi connectivity index (χ3n) is 12.1. The molecule has 2 aromatic carbocycles. The van der Waals surface area contributed by atoms with Crippen LogP contribution in [0.4, 0.5) is 23.0 Å². The minimum atomic E-state index is -0.725. The highest BCUT2D eigenvalue weighted by atomic mass is 32.1. The highest BCUT2D eigenvalue weighted by Crippen LogP contribution is 2.44. The van der Waals surface area contributed by atoms with Crippen molar-refractivity contribution in [2.24, 2.45) is 21.8 Å². The van der Waals surface area contributed by atoms with Crippen molar-refractivity contribution >= 4 is 90.4 Å². The number of methoxy groups -OCH3 is 2. The number of carbonyl (C=O) groups is 2. The predicted octanol–water partition coefficient (Wildman–Crippen LogP) is 6.91. The fraction of sp³-hybridized carbons (Fsp3) is 0.364. The molecule has 1 saturated heterocycles. The maximum atomic E-state index is 13.1. The zero-order valence-electron chi connectivity index (χ0n) is 33.7. The van der Waals surface area contributed by atoms with E-state index < -0.39 is 5.97 Å². The molecular formula is C44H43N9O6S2. The summed E-state index contributed by atoms with van der Waals surface area (Å²) in [6.07, 6.45) is 11.3. The van der Waals surface area contributed by atoms with Gasteiger partial charge in [-0.1, -0.05) is 0 Å². The molecule has 15 nitrogen and oxygen atoms in total. The number of thiophene rings is 2. The van der Waals surface area contributed by atoms with Crippen LogP contribution in [0.3, 0.4) is 0 Å². The molecule has 5 aliphatic rings. The summed E-state index contributed by atoms with van der Waals surface area (Å²) in [4.78, 5) is 57.3. The predicted molar refractivity (Wildman–Crippen MR) is 236 cm³/mol. The number of aliphatic imine (C=N–C) groups is 2. The Bertz CT molecular complexity index is 2780. The largest absolute Gasteiger partial charge is 0.495 e. The average Bonchev–Trinajstić information content (AvgIpc) is 4.10. The molecule has 0 bridgehead atoms. The third-order valence-corrected chi connectivity index (χ3v) is 14.4. The molecule has 312 valence electrons. The van der Waals surface area contributed by atoms with Crippen molar-refractivity contribution in [3.63, 3.8) is 0 Å². The Labute approximate surface area is 359 Å². The smallest absolute Gasteiger partial charge is 0.306 e. The molecule has 7 heterocycles. The summed E-state index contributed by atoms with van der Waals surface area (Å²) in [7, 11) is 3.33. The molecule has 1 fully saturated rings. The van der Waals surface area contributed by atoms with E-state index in [1.165, 1.54) is 16.0 Å². The van der Waals surface area contributed by atoms with Gasteiger partial charge in [-0.05, 0) is 96.2 Å². The number of carboxylic acid groups (broad SMARTS) is 1. The standard InChI is InChI=1S/C24H25N5O3S.C20H18N4O3S/c1-31-19-9-16-12-25-11-15(16)8-18(19)28-22-21-17-3-2-14(24(30)29-4-6-32-7-5-29)10-20(17)33-23(21)27-13-26-22;1-27-15-5-12-8-21-7-11(12)4-14(15)24-18-17-13-3-2-10(20(25)26)6-16(13)28-19(17)23-9-22-18/h8-9,11,13-14H,2-7,10,12H2,1H3,(H,26,27,28);4-5,7,9-10H,2-3,6,8H2,1H3,(H,25,26)(H,22,23,24). The van der Waals surface area contributed by atoms with E-state index in [-0.39, 0.29) is 17.7 Å². The second-order valence-corrected chi connectivity index (χ2v) is 17.8. The average molecular weight is 858 g/mol. The Morgan fingerprint density at radius 2 is 1.25 bits per heavy atom. The van der Waals surface area contributed by atoms with Crippen molar-refractivity contribution in [1.82, 2.24) is 24.8 Å². The molecular weight excluding hydrogens is 815 g/mol. The Balaban J connectivity index is 0.000000148. The van der Waals surface area contributed by atoms with Gasteiger partial charge in [0, 0.05) is 41.2 Å². The summed E-state index contributed by atoms with van der Waals surface area (Å²) in [5, 5.41) is 18.3. The highest BCUT2D eigenvalue weighted by Gasteiger charge is 2.33. The Kier molecular flexibility index (Phi) is 10.5. The molecule has 2 atom stereocenters. The number of nitrogens with one attached hydrogen (secondary N) is 2. The van der Waals surface area contributed by atoms with Gasteiger partial charge in [-0.3, -0.25) is 19.6 Å². The number of ether oxygens (including phenoxy) is 3. The third kappa shape index (κ3) is 7.44. The van der Waals surface area contributed by atoms with Crippen LogP contribution in [0.2, 0.25) is 0 Å². The maximum absolute atomic E-state index is 13.1. The van der Waals surface area contributed by atoms with Gasteiger partial charge >= 0.3 is 5.97 Å². The fourth-order valence-corrected chi connectivity index (χ4v) is 11.5. The number of hydrogen-bond acceptors (Lipinski definition) is 15. The lowest BCUT2D eigenvalue weighted by Crippen LogP contribution is -2.44. The lowest BCUT2D eigenvalue weighted by atomic mass is 9.86. The van der Waals surface area contributed by atoms with E-state index >= 15 is 0 Å². The first-order valence-electron chi connectivity index (χ1n) is 20.4. The zero-order valence-corrected chi connectivity index (χ0v) is 35.3. The van der Waals surface area contributed by atoms with Gasteiger partial charge in [-0.15, -0.1) is 22.7 Å². The van der Waals surface area contributed by atoms with Gasteiger partial charge in [-0.2, -0.15) is 0 Å². The lowest BCUT2D eigenvalue weighted by molar-refractivity contribution is -0.142. The first-order valence-corrected chi connectivity index (χ1v) is 22.0. The van der Waals surface area contributed by atoms with Crippen LogP contribution in [0, 0.1) is 11.8 Å². The lowest BCUT2D eigenvalue weighted by Gasteiger charge is -2.31. The molecule has 0 radical (unpaired) electrons. The van der Waals surface area contributed by atoms with Crippen LogP contribution >= 0.6 is 22.7 Å². The van der Waals surface area contributed by atoms with Crippen molar-refractivity contribution < 1.29 is 28.9 Å². The molecule has 61 heavy (non-hydrogen) atoms. The summed E-state index contributed by atoms with van der Waals surface area (Å²) in [6.45, 7) is 4.02. The zero-order chi connectivity index (χ0) is 41.6. The Morgan fingerprint density at radius 1 is 0.738 bits per heavy atom. The van der Waals surface area contributed by atoms with E-state index in [1.807, 2.05) is 35.5 Å². The molecule has 3 aliphatic heterocycles. The number of nitrogens with zero attached hydrogens (tertiary/aromatic N) is 7. The second kappa shape index (κ2) is 16.4. The number of aliphatic carboxylic acids is 1. The monoisotopic (exact) mass is 857 g/mol. The number of morpholine rings is 1. The van der Waals surface area contributed by atoms with E-state index in [1.54, 1.807) is 49.5 Å². The van der Waals surface area contributed by atoms with E-state index in [4.69, 9.17) is 14.2 Å². The quantitative estimate of drug-likeness (QED) is 0.144. The van der Waals surface area contributed by atoms with Gasteiger partial charge in [0.05, 0.1) is 68.6 Å². The summed E-state index contributed by atoms with van der Waals surface area (Å²) < 4.78 is 16.6. The van der Waals surface area contributed by atoms with Crippen LogP contribution in [0.1, 0.15) is 56.0 Å². The number of carbonyl (C=O) groups excluding carboxylic acids is 1. The first-order chi connectivity index (χ1) is 29.8. The van der Waals surface area contributed by atoms with Crippen molar-refractivity contribution in [2.75, 3.05) is 51.2 Å². The Morgan fingerprint density at radius 3 is 1.75 bits per heavy atom. The van der Waals surface area contributed by atoms with E-state index in [2.05, 4.69) is 46.6 Å². The highest BCUT2D eigenvalue weighted by molar-refractivity contribution is 7.19. The van der Waals surface area contributed by atoms with Crippen LogP contribution in [0.25, 0.3) is 20.4 Å². The van der Waals surface area contributed by atoms with Gasteiger partial charge in [0.25, 0.3) is 0 Å². The van der Waals surface area contributed by atoms with Crippen LogP contribution in [0.15, 0.2) is 46.9 Å². The van der Waals surface area contributed by atoms with Crippen molar-refractivity contribution in [3.8, 4) is 11.5 Å². The molecule has 3 N–H and O–H groups in total. The van der Waals surface area contributed by atoms with Crippen LogP contribution in [0.5, 0.6) is 11.5 Å². The van der Waals surface area contributed by atoms with Crippen molar-refractivity contribution in [1.29, 1.82) is 0 Å². The number of rotatable bonds is 8. The van der Waals surface area contributed by atoms with Crippen LogP contribution < -0.4 is 20.1 Å². The van der Waals surface area contributed by atoms with Crippen molar-refractivity contribution in [3.05, 3.63) is 80.1 Å². The number of hydrogen-bond donors (Lipinski definition) is 3. The number of aromatic nitrogens is 4. The summed E-state index contributed by atoms with van der Waals surface area (Å²) in [5.41, 5.74) is 8.60. The summed E-state index contributed by atoms with van der Waals surface area (Å²) >= 11 is 3.25. The molecule has 0 spiro atoms. The van der Waals surface area contributed by atoms with E-state index in [9.17, 15) is 14.7 Å². The topological polar surface area (TPSA) is 186 Å². The number of aryl methyl sites for hydroxylation is 2. The molecule has 6 aromatic rings. The number of carboxylic acids is 1. The Hall–Kier alpha value is -6.04. The molecule has 4 aromatic heterocycles. The molecule has 1 amide bonds. The molecule has 11 rings (SSSR count). The molecule has 2 unspecified atom stereocenters.